The molecule has 0 bridgehead atoms. The van der Waals surface area contributed by atoms with Gasteiger partial charge in [-0.05, 0) is 18.1 Å². The van der Waals surface area contributed by atoms with E-state index >= 15 is 0 Å². The summed E-state index contributed by atoms with van der Waals surface area (Å²) < 4.78 is 4.54. The number of esters is 1. The monoisotopic (exact) mass is 185 g/mol. The largest absolute Gasteiger partial charge is 0.466 e. The van der Waals surface area contributed by atoms with Crippen LogP contribution in [0.4, 0.5) is 0 Å². The number of ether oxygens (including phenoxy) is 1. The molecule has 0 aromatic rings. The summed E-state index contributed by atoms with van der Waals surface area (Å²) in [7, 11) is 1.33. The van der Waals surface area contributed by atoms with Crippen molar-refractivity contribution in [1.29, 1.82) is 0 Å². The lowest BCUT2D eigenvalue weighted by Crippen LogP contribution is -2.09. The van der Waals surface area contributed by atoms with E-state index in [4.69, 9.17) is 0 Å². The number of hydrogen-bond acceptors (Lipinski definition) is 4. The Morgan fingerprint density at radius 2 is 2.25 bits per heavy atom. The maximum absolute atomic E-state index is 11.0. The van der Waals surface area contributed by atoms with Gasteiger partial charge >= 0.3 is 5.97 Å². The molecule has 4 heteroatoms. The van der Waals surface area contributed by atoms with E-state index in [9.17, 15) is 4.79 Å². The van der Waals surface area contributed by atoms with Gasteiger partial charge in [0.25, 0.3) is 0 Å². The van der Waals surface area contributed by atoms with Gasteiger partial charge in [-0.3, -0.25) is 0 Å². The lowest BCUT2D eigenvalue weighted by atomic mass is 10.1. The molecule has 0 radical (unpaired) electrons. The van der Waals surface area contributed by atoms with Gasteiger partial charge in [0, 0.05) is 6.20 Å². The molecule has 0 amide bonds. The minimum atomic E-state index is -0.376. The summed E-state index contributed by atoms with van der Waals surface area (Å²) in [5.41, 5.74) is 0.495. The first-order valence-corrected chi connectivity index (χ1v) is 3.89. The first-order valence-electron chi connectivity index (χ1n) is 3.48. The predicted molar refractivity (Wildman–Crippen MR) is 50.0 cm³/mol. The van der Waals surface area contributed by atoms with Gasteiger partial charge in [0.2, 0.25) is 0 Å². The Morgan fingerprint density at radius 1 is 1.67 bits per heavy atom. The second-order valence-electron chi connectivity index (χ2n) is 2.45. The first kappa shape index (κ1) is 11.0. The van der Waals surface area contributed by atoms with Crippen LogP contribution in [0.3, 0.4) is 0 Å². The molecule has 0 aliphatic heterocycles. The molecule has 0 fully saturated rings. The van der Waals surface area contributed by atoms with Crippen LogP contribution in [-0.4, -0.2) is 18.2 Å². The normalized spacial score (nSPS) is 10.8. The summed E-state index contributed by atoms with van der Waals surface area (Å²) in [6.45, 7) is 3.75. The minimum Gasteiger partial charge on any atom is -0.466 e. The number of carbonyl (C=O) groups is 1. The number of nitrogens with zero attached hydrogens (tertiary/aromatic N) is 1. The Labute approximate surface area is 77.1 Å². The van der Waals surface area contributed by atoms with Crippen LogP contribution in [0, 0.1) is 5.92 Å². The molecule has 0 atom stereocenters. The van der Waals surface area contributed by atoms with Crippen LogP contribution in [0.25, 0.3) is 0 Å². The fourth-order valence-corrected chi connectivity index (χ4v) is 0.704. The van der Waals surface area contributed by atoms with Crippen LogP contribution < -0.4 is 0 Å². The van der Waals surface area contributed by atoms with Gasteiger partial charge in [-0.1, -0.05) is 13.8 Å². The maximum atomic E-state index is 11.0. The van der Waals surface area contributed by atoms with Crippen LogP contribution in [0.1, 0.15) is 13.8 Å². The minimum absolute atomic E-state index is 0.0737. The molecule has 3 nitrogen and oxygen atoms in total. The van der Waals surface area contributed by atoms with Crippen LogP contribution >= 0.6 is 12.2 Å². The van der Waals surface area contributed by atoms with Crippen LogP contribution in [-0.2, 0) is 9.53 Å². The van der Waals surface area contributed by atoms with Crippen LogP contribution in [0.15, 0.2) is 16.8 Å². The van der Waals surface area contributed by atoms with Gasteiger partial charge in [-0.15, -0.1) is 0 Å². The molecule has 0 saturated heterocycles. The van der Waals surface area contributed by atoms with E-state index in [0.29, 0.717) is 5.57 Å². The number of isothiocyanates is 1. The smallest absolute Gasteiger partial charge is 0.335 e. The van der Waals surface area contributed by atoms with E-state index in [1.165, 1.54) is 13.3 Å². The average molecular weight is 185 g/mol. The summed E-state index contributed by atoms with van der Waals surface area (Å²) in [5, 5.41) is 2.16. The molecule has 0 unspecified atom stereocenters. The van der Waals surface area contributed by atoms with Crippen molar-refractivity contribution in [3.8, 4) is 0 Å². The van der Waals surface area contributed by atoms with E-state index in [1.54, 1.807) is 0 Å². The summed E-state index contributed by atoms with van der Waals surface area (Å²) >= 11 is 4.37. The van der Waals surface area contributed by atoms with Gasteiger partial charge in [0.15, 0.2) is 0 Å². The molecular weight excluding hydrogens is 174 g/mol. The van der Waals surface area contributed by atoms with Gasteiger partial charge in [-0.2, -0.15) is 0 Å². The lowest BCUT2D eigenvalue weighted by Gasteiger charge is -2.06. The molecule has 0 aromatic carbocycles. The Bertz CT molecular complexity index is 239. The summed E-state index contributed by atoms with van der Waals surface area (Å²) in [4.78, 5) is 14.6. The molecule has 12 heavy (non-hydrogen) atoms. The van der Waals surface area contributed by atoms with Gasteiger partial charge in [-0.25, -0.2) is 9.79 Å². The van der Waals surface area contributed by atoms with E-state index in [2.05, 4.69) is 27.1 Å². The number of hydrogen-bond donors (Lipinski definition) is 0. The molecule has 0 spiro atoms. The highest BCUT2D eigenvalue weighted by Gasteiger charge is 2.12. The average Bonchev–Trinajstić information content (AvgIpc) is 2.04. The summed E-state index contributed by atoms with van der Waals surface area (Å²) in [6.07, 6.45) is 1.38. The van der Waals surface area contributed by atoms with Gasteiger partial charge in [0.05, 0.1) is 17.8 Å². The van der Waals surface area contributed by atoms with Crippen molar-refractivity contribution < 1.29 is 9.53 Å². The third-order valence-electron chi connectivity index (χ3n) is 1.30. The third-order valence-corrected chi connectivity index (χ3v) is 1.40. The predicted octanol–water partition coefficient (Wildman–Crippen LogP) is 1.80. The van der Waals surface area contributed by atoms with Crippen LogP contribution in [0.2, 0.25) is 0 Å². The van der Waals surface area contributed by atoms with E-state index < -0.39 is 0 Å². The van der Waals surface area contributed by atoms with Crippen molar-refractivity contribution in [2.75, 3.05) is 7.11 Å². The zero-order chi connectivity index (χ0) is 9.56. The quantitative estimate of drug-likeness (QED) is 0.291. The summed E-state index contributed by atoms with van der Waals surface area (Å²) in [6, 6.07) is 0. The second kappa shape index (κ2) is 5.63. The van der Waals surface area contributed by atoms with Crippen molar-refractivity contribution in [3.63, 3.8) is 0 Å². The Kier molecular flexibility index (Phi) is 5.17. The fraction of sp³-hybridized carbons (Fsp3) is 0.500. The fourth-order valence-electron chi connectivity index (χ4n) is 0.651. The Morgan fingerprint density at radius 3 is 2.58 bits per heavy atom. The molecular formula is C8H11NO2S. The number of aliphatic imine (C=N–C) groups is 1. The Hall–Kier alpha value is -0.990. The van der Waals surface area contributed by atoms with E-state index in [0.717, 1.165) is 0 Å². The molecule has 0 saturated carbocycles. The third kappa shape index (κ3) is 3.42. The van der Waals surface area contributed by atoms with Crippen molar-refractivity contribution in [2.24, 2.45) is 10.9 Å². The van der Waals surface area contributed by atoms with Crippen molar-refractivity contribution in [2.45, 2.75) is 13.8 Å². The van der Waals surface area contributed by atoms with Gasteiger partial charge < -0.3 is 4.74 Å². The van der Waals surface area contributed by atoms with E-state index in [1.807, 2.05) is 13.8 Å². The summed E-state index contributed by atoms with van der Waals surface area (Å²) in [5.74, 6) is -0.302. The molecule has 66 valence electrons. The maximum Gasteiger partial charge on any atom is 0.335 e. The highest BCUT2D eigenvalue weighted by molar-refractivity contribution is 7.78. The topological polar surface area (TPSA) is 38.7 Å². The molecule has 0 heterocycles. The van der Waals surface area contributed by atoms with Crippen molar-refractivity contribution in [1.82, 2.24) is 0 Å². The number of thiocarbonyl (C=S) groups is 1. The van der Waals surface area contributed by atoms with Crippen LogP contribution in [0.5, 0.6) is 0 Å². The van der Waals surface area contributed by atoms with E-state index in [-0.39, 0.29) is 11.9 Å². The zero-order valence-corrected chi connectivity index (χ0v) is 8.14. The number of rotatable bonds is 3. The van der Waals surface area contributed by atoms with Gasteiger partial charge in [0.1, 0.15) is 0 Å². The molecule has 0 aromatic heterocycles. The highest BCUT2D eigenvalue weighted by atomic mass is 32.1. The molecule has 0 N–H and O–H groups in total. The second-order valence-corrected chi connectivity index (χ2v) is 2.63. The molecule has 0 aliphatic rings. The zero-order valence-electron chi connectivity index (χ0n) is 7.33. The van der Waals surface area contributed by atoms with Crippen molar-refractivity contribution >= 4 is 23.3 Å². The van der Waals surface area contributed by atoms with Crippen molar-refractivity contribution in [3.05, 3.63) is 11.8 Å². The standard InChI is InChI=1S/C8H11NO2S/c1-6(2)7(4-9-5-12)8(10)11-3/h4,6H,1-3H3/b7-4-. The lowest BCUT2D eigenvalue weighted by molar-refractivity contribution is -0.136. The number of methoxy groups -OCH3 is 1. The first-order chi connectivity index (χ1) is 5.63. The number of carbonyl (C=O) groups excluding carboxylic acids is 1. The molecule has 0 rings (SSSR count). The Balaban J connectivity index is 4.65. The highest BCUT2D eigenvalue weighted by Crippen LogP contribution is 2.10. The SMILES string of the molecule is COC(=O)/C(=C\N=C=S)C(C)C. The molecule has 0 aliphatic carbocycles.